The van der Waals surface area contributed by atoms with Crippen molar-refractivity contribution in [2.45, 2.75) is 19.9 Å². The van der Waals surface area contributed by atoms with E-state index in [9.17, 15) is 17.6 Å². The number of hydrogen-bond acceptors (Lipinski definition) is 3. The summed E-state index contributed by atoms with van der Waals surface area (Å²) in [6.07, 6.45) is 1.83. The Morgan fingerprint density at radius 2 is 1.60 bits per heavy atom. The van der Waals surface area contributed by atoms with Gasteiger partial charge in [0.25, 0.3) is 5.91 Å². The van der Waals surface area contributed by atoms with Crippen LogP contribution in [0.2, 0.25) is 0 Å². The van der Waals surface area contributed by atoms with Gasteiger partial charge in [0.05, 0.1) is 18.5 Å². The zero-order chi connectivity index (χ0) is 21.7. The minimum absolute atomic E-state index is 0.0157. The normalized spacial score (nSPS) is 11.2. The SMILES string of the molecule is CCc1ccccc1NC(=O)c1ccc(CN(c2ccccc2F)S(C)(=O)=O)cc1. The number of para-hydroxylation sites is 2. The average Bonchev–Trinajstić information content (AvgIpc) is 2.72. The van der Waals surface area contributed by atoms with Crippen molar-refractivity contribution in [1.29, 1.82) is 0 Å². The van der Waals surface area contributed by atoms with Gasteiger partial charge in [-0.2, -0.15) is 0 Å². The Hall–Kier alpha value is -3.19. The van der Waals surface area contributed by atoms with Crippen molar-refractivity contribution >= 4 is 27.3 Å². The van der Waals surface area contributed by atoms with E-state index in [1.165, 1.54) is 18.2 Å². The molecule has 156 valence electrons. The minimum atomic E-state index is -3.70. The van der Waals surface area contributed by atoms with Gasteiger partial charge in [-0.05, 0) is 47.9 Å². The Morgan fingerprint density at radius 3 is 2.23 bits per heavy atom. The molecule has 1 amide bonds. The topological polar surface area (TPSA) is 66.5 Å². The maximum Gasteiger partial charge on any atom is 0.255 e. The van der Waals surface area contributed by atoms with Gasteiger partial charge in [-0.15, -0.1) is 0 Å². The van der Waals surface area contributed by atoms with Gasteiger partial charge >= 0.3 is 0 Å². The van der Waals surface area contributed by atoms with E-state index in [2.05, 4.69) is 5.32 Å². The van der Waals surface area contributed by atoms with E-state index in [1.807, 2.05) is 31.2 Å². The van der Waals surface area contributed by atoms with E-state index in [1.54, 1.807) is 30.3 Å². The predicted molar refractivity (Wildman–Crippen MR) is 118 cm³/mol. The molecule has 0 bridgehead atoms. The highest BCUT2D eigenvalue weighted by molar-refractivity contribution is 7.92. The largest absolute Gasteiger partial charge is 0.322 e. The second kappa shape index (κ2) is 9.09. The third-order valence-corrected chi connectivity index (χ3v) is 5.84. The van der Waals surface area contributed by atoms with Crippen LogP contribution in [0.5, 0.6) is 0 Å². The van der Waals surface area contributed by atoms with Crippen LogP contribution in [0.15, 0.2) is 72.8 Å². The number of benzene rings is 3. The highest BCUT2D eigenvalue weighted by Crippen LogP contribution is 2.24. The van der Waals surface area contributed by atoms with E-state index in [0.29, 0.717) is 11.1 Å². The van der Waals surface area contributed by atoms with Crippen LogP contribution in [0.4, 0.5) is 15.8 Å². The number of anilines is 2. The standard InChI is InChI=1S/C23H23FN2O3S/c1-3-18-8-4-6-10-21(18)25-23(27)19-14-12-17(13-15-19)16-26(30(2,28)29)22-11-7-5-9-20(22)24/h4-15H,3,16H2,1-2H3,(H,25,27). The fraction of sp³-hybridized carbons (Fsp3) is 0.174. The number of hydrogen-bond donors (Lipinski definition) is 1. The molecule has 3 aromatic carbocycles. The molecule has 0 aliphatic heterocycles. The molecule has 0 fully saturated rings. The molecule has 0 aliphatic carbocycles. The summed E-state index contributed by atoms with van der Waals surface area (Å²) < 4.78 is 39.6. The van der Waals surface area contributed by atoms with Crippen molar-refractivity contribution in [2.75, 3.05) is 15.9 Å². The number of carbonyl (C=O) groups is 1. The number of halogens is 1. The Labute approximate surface area is 176 Å². The van der Waals surface area contributed by atoms with Gasteiger partial charge in [0, 0.05) is 11.3 Å². The summed E-state index contributed by atoms with van der Waals surface area (Å²) in [5.41, 5.74) is 2.86. The molecule has 1 N–H and O–H groups in total. The van der Waals surface area contributed by atoms with Crippen molar-refractivity contribution in [2.24, 2.45) is 0 Å². The highest BCUT2D eigenvalue weighted by atomic mass is 32.2. The van der Waals surface area contributed by atoms with Crippen molar-refractivity contribution < 1.29 is 17.6 Å². The Balaban J connectivity index is 1.79. The summed E-state index contributed by atoms with van der Waals surface area (Å²) in [7, 11) is -3.70. The van der Waals surface area contributed by atoms with E-state index in [0.717, 1.165) is 28.2 Å². The molecule has 0 atom stereocenters. The summed E-state index contributed by atoms with van der Waals surface area (Å²) >= 11 is 0. The van der Waals surface area contributed by atoms with Crippen LogP contribution in [-0.4, -0.2) is 20.6 Å². The third-order valence-electron chi connectivity index (χ3n) is 4.71. The summed E-state index contributed by atoms with van der Waals surface area (Å²) in [6, 6.07) is 19.9. The molecule has 0 saturated carbocycles. The lowest BCUT2D eigenvalue weighted by Gasteiger charge is -2.23. The molecule has 3 rings (SSSR count). The van der Waals surface area contributed by atoms with Crippen LogP contribution in [-0.2, 0) is 23.0 Å². The lowest BCUT2D eigenvalue weighted by Crippen LogP contribution is -2.30. The van der Waals surface area contributed by atoms with Gasteiger partial charge in [0.1, 0.15) is 5.82 Å². The molecule has 0 unspecified atom stereocenters. The van der Waals surface area contributed by atoms with Crippen LogP contribution in [0.3, 0.4) is 0 Å². The van der Waals surface area contributed by atoms with Gasteiger partial charge in [0.2, 0.25) is 10.0 Å². The molecule has 0 heterocycles. The number of nitrogens with one attached hydrogen (secondary N) is 1. The fourth-order valence-electron chi connectivity index (χ4n) is 3.11. The number of nitrogens with zero attached hydrogens (tertiary/aromatic N) is 1. The first-order valence-electron chi connectivity index (χ1n) is 9.50. The van der Waals surface area contributed by atoms with Crippen molar-refractivity contribution in [3.63, 3.8) is 0 Å². The molecule has 0 aliphatic rings. The molecule has 0 spiro atoms. The Morgan fingerprint density at radius 1 is 0.967 bits per heavy atom. The third kappa shape index (κ3) is 5.04. The van der Waals surface area contributed by atoms with Crippen LogP contribution >= 0.6 is 0 Å². The van der Waals surface area contributed by atoms with Crippen molar-refractivity contribution in [1.82, 2.24) is 0 Å². The number of carbonyl (C=O) groups excluding carboxylic acids is 1. The molecule has 7 heteroatoms. The number of rotatable bonds is 7. The van der Waals surface area contributed by atoms with E-state index in [-0.39, 0.29) is 18.1 Å². The second-order valence-electron chi connectivity index (χ2n) is 6.88. The Kier molecular flexibility index (Phi) is 6.52. The molecule has 0 aromatic heterocycles. The number of aryl methyl sites for hydroxylation is 1. The second-order valence-corrected chi connectivity index (χ2v) is 8.79. The van der Waals surface area contributed by atoms with Gasteiger partial charge in [0.15, 0.2) is 0 Å². The fourth-order valence-corrected chi connectivity index (χ4v) is 4.00. The van der Waals surface area contributed by atoms with Gasteiger partial charge in [-0.25, -0.2) is 12.8 Å². The molecular weight excluding hydrogens is 403 g/mol. The van der Waals surface area contributed by atoms with Crippen LogP contribution in [0.1, 0.15) is 28.4 Å². The number of amides is 1. The zero-order valence-corrected chi connectivity index (χ0v) is 17.6. The van der Waals surface area contributed by atoms with Crippen molar-refractivity contribution in [3.8, 4) is 0 Å². The zero-order valence-electron chi connectivity index (χ0n) is 16.8. The monoisotopic (exact) mass is 426 g/mol. The molecule has 5 nitrogen and oxygen atoms in total. The average molecular weight is 427 g/mol. The van der Waals surface area contributed by atoms with Crippen LogP contribution < -0.4 is 9.62 Å². The molecule has 30 heavy (non-hydrogen) atoms. The molecule has 0 saturated heterocycles. The van der Waals surface area contributed by atoms with Crippen LogP contribution in [0, 0.1) is 5.82 Å². The summed E-state index contributed by atoms with van der Waals surface area (Å²) in [5, 5.41) is 2.90. The smallest absolute Gasteiger partial charge is 0.255 e. The maximum absolute atomic E-state index is 14.2. The predicted octanol–water partition coefficient (Wildman–Crippen LogP) is 4.61. The molecule has 0 radical (unpaired) electrons. The Bertz CT molecular complexity index is 1150. The first-order chi connectivity index (χ1) is 14.3. The lowest BCUT2D eigenvalue weighted by atomic mass is 10.1. The van der Waals surface area contributed by atoms with Crippen LogP contribution in [0.25, 0.3) is 0 Å². The first-order valence-corrected chi connectivity index (χ1v) is 11.3. The van der Waals surface area contributed by atoms with Gasteiger partial charge in [-0.1, -0.05) is 49.4 Å². The lowest BCUT2D eigenvalue weighted by molar-refractivity contribution is 0.102. The quantitative estimate of drug-likeness (QED) is 0.600. The summed E-state index contributed by atoms with van der Waals surface area (Å²) in [5.74, 6) is -0.870. The molecular formula is C23H23FN2O3S. The van der Waals surface area contributed by atoms with E-state index in [4.69, 9.17) is 0 Å². The minimum Gasteiger partial charge on any atom is -0.322 e. The maximum atomic E-state index is 14.2. The van der Waals surface area contributed by atoms with Crippen molar-refractivity contribution in [3.05, 3.63) is 95.3 Å². The van der Waals surface area contributed by atoms with E-state index >= 15 is 0 Å². The van der Waals surface area contributed by atoms with Gasteiger partial charge in [-0.3, -0.25) is 9.10 Å². The summed E-state index contributed by atoms with van der Waals surface area (Å²) in [6.45, 7) is 1.98. The number of sulfonamides is 1. The summed E-state index contributed by atoms with van der Waals surface area (Å²) in [4.78, 5) is 12.6. The van der Waals surface area contributed by atoms with Gasteiger partial charge < -0.3 is 5.32 Å². The highest BCUT2D eigenvalue weighted by Gasteiger charge is 2.21. The van der Waals surface area contributed by atoms with E-state index < -0.39 is 15.8 Å². The molecule has 3 aromatic rings. The first kappa shape index (κ1) is 21.5.